The van der Waals surface area contributed by atoms with Crippen LogP contribution in [-0.2, 0) is 28.7 Å². The quantitative estimate of drug-likeness (QED) is 0.170. The molecule has 0 radical (unpaired) electrons. The van der Waals surface area contributed by atoms with Gasteiger partial charge in [-0.05, 0) is 57.2 Å². The average Bonchev–Trinajstić information content (AvgIpc) is 3.62. The molecule has 2 rings (SSSR count). The van der Waals surface area contributed by atoms with Crippen LogP contribution in [0.25, 0.3) is 0 Å². The summed E-state index contributed by atoms with van der Waals surface area (Å²) in [5.41, 5.74) is 0.712. The lowest BCUT2D eigenvalue weighted by molar-refractivity contribution is -0.148. The van der Waals surface area contributed by atoms with Gasteiger partial charge in [0.25, 0.3) is 0 Å². The molecule has 0 aromatic heterocycles. The molecule has 302 valence electrons. The molecule has 1 aromatic rings. The van der Waals surface area contributed by atoms with Gasteiger partial charge in [-0.1, -0.05) is 91.6 Å². The van der Waals surface area contributed by atoms with E-state index in [0.717, 1.165) is 12.8 Å². The van der Waals surface area contributed by atoms with E-state index >= 15 is 0 Å². The van der Waals surface area contributed by atoms with Gasteiger partial charge in [-0.25, -0.2) is 0 Å². The number of hydrogen-bond acceptors (Lipinski definition) is 8. The van der Waals surface area contributed by atoms with Crippen molar-refractivity contribution in [2.45, 2.75) is 136 Å². The first-order chi connectivity index (χ1) is 25.0. The minimum absolute atomic E-state index is 0.0155. The monoisotopic (exact) mass is 746 g/mol. The summed E-state index contributed by atoms with van der Waals surface area (Å²) < 4.78 is 12.0. The molecule has 0 spiro atoms. The van der Waals surface area contributed by atoms with Crippen molar-refractivity contribution in [2.24, 2.45) is 23.7 Å². The molecule has 12 heteroatoms. The summed E-state index contributed by atoms with van der Waals surface area (Å²) in [4.78, 5) is 60.9. The largest absolute Gasteiger partial charge is 0.386 e. The van der Waals surface area contributed by atoms with Gasteiger partial charge in [0, 0.05) is 27.8 Å². The number of hydrogen-bond donors (Lipinski definition) is 3. The molecule has 1 aliphatic heterocycles. The van der Waals surface area contributed by atoms with Crippen LogP contribution in [0, 0.1) is 23.7 Å². The second kappa shape index (κ2) is 21.7. The average molecular weight is 746 g/mol. The lowest BCUT2D eigenvalue weighted by Crippen LogP contribution is -2.60. The highest BCUT2D eigenvalue weighted by atomic mass is 16.5. The van der Waals surface area contributed by atoms with E-state index in [0.29, 0.717) is 24.9 Å². The Bertz CT molecular complexity index is 1290. The molecule has 1 saturated heterocycles. The van der Waals surface area contributed by atoms with E-state index in [1.807, 2.05) is 77.0 Å². The number of methoxy groups -OCH3 is 2. The third-order valence-corrected chi connectivity index (χ3v) is 11.5. The van der Waals surface area contributed by atoms with Crippen molar-refractivity contribution in [3.8, 4) is 0 Å². The molecule has 11 atom stereocenters. The number of benzene rings is 1. The van der Waals surface area contributed by atoms with Crippen LogP contribution in [0.4, 0.5) is 0 Å². The molecule has 1 fully saturated rings. The van der Waals surface area contributed by atoms with Crippen LogP contribution in [-0.4, -0.2) is 128 Å². The number of carbonyl (C=O) groups is 4. The van der Waals surface area contributed by atoms with Gasteiger partial charge in [-0.3, -0.25) is 24.1 Å². The summed E-state index contributed by atoms with van der Waals surface area (Å²) in [6.07, 6.45) is 0.845. The van der Waals surface area contributed by atoms with Gasteiger partial charge in [0.05, 0.1) is 54.8 Å². The minimum Gasteiger partial charge on any atom is -0.386 e. The van der Waals surface area contributed by atoms with Gasteiger partial charge >= 0.3 is 0 Å². The van der Waals surface area contributed by atoms with Crippen molar-refractivity contribution in [3.63, 3.8) is 0 Å². The fourth-order valence-corrected chi connectivity index (χ4v) is 7.95. The van der Waals surface area contributed by atoms with Crippen LogP contribution >= 0.6 is 0 Å². The van der Waals surface area contributed by atoms with E-state index in [-0.39, 0.29) is 53.8 Å². The molecule has 1 heterocycles. The van der Waals surface area contributed by atoms with Crippen molar-refractivity contribution in [1.29, 1.82) is 0 Å². The summed E-state index contributed by atoms with van der Waals surface area (Å²) in [7, 11) is 8.61. The molecular weight excluding hydrogens is 674 g/mol. The van der Waals surface area contributed by atoms with E-state index in [1.54, 1.807) is 44.9 Å². The van der Waals surface area contributed by atoms with Crippen molar-refractivity contribution in [3.05, 3.63) is 35.9 Å². The second-order valence-electron chi connectivity index (χ2n) is 15.8. The molecule has 0 aliphatic carbocycles. The zero-order valence-corrected chi connectivity index (χ0v) is 34.8. The first kappa shape index (κ1) is 46.1. The normalized spacial score (nSPS) is 20.5. The predicted octanol–water partition coefficient (Wildman–Crippen LogP) is 4.26. The summed E-state index contributed by atoms with van der Waals surface area (Å²) in [5, 5.41) is 16.9. The maximum atomic E-state index is 14.4. The van der Waals surface area contributed by atoms with Gasteiger partial charge in [-0.2, -0.15) is 0 Å². The highest BCUT2D eigenvalue weighted by Gasteiger charge is 2.43. The molecule has 3 N–H and O–H groups in total. The molecule has 1 aromatic carbocycles. The van der Waals surface area contributed by atoms with Gasteiger partial charge in [-0.15, -0.1) is 0 Å². The number of aliphatic hydroxyl groups is 1. The molecule has 53 heavy (non-hydrogen) atoms. The third kappa shape index (κ3) is 12.0. The maximum absolute atomic E-state index is 14.4. The smallest absolute Gasteiger partial charge is 0.245 e. The van der Waals surface area contributed by atoms with Crippen molar-refractivity contribution in [1.82, 2.24) is 25.3 Å². The molecule has 4 amide bonds. The summed E-state index contributed by atoms with van der Waals surface area (Å²) >= 11 is 0. The number of likely N-dealkylation sites (tertiary alicyclic amines) is 1. The van der Waals surface area contributed by atoms with Gasteiger partial charge < -0.3 is 35.0 Å². The lowest BCUT2D eigenvalue weighted by Gasteiger charge is -2.41. The highest BCUT2D eigenvalue weighted by Crippen LogP contribution is 2.30. The van der Waals surface area contributed by atoms with E-state index < -0.39 is 48.4 Å². The first-order valence-corrected chi connectivity index (χ1v) is 19.6. The Morgan fingerprint density at radius 1 is 0.887 bits per heavy atom. The molecule has 1 unspecified atom stereocenters. The first-order valence-electron chi connectivity index (χ1n) is 19.6. The van der Waals surface area contributed by atoms with Gasteiger partial charge in [0.2, 0.25) is 23.6 Å². The van der Waals surface area contributed by atoms with E-state index in [4.69, 9.17) is 9.47 Å². The highest BCUT2D eigenvalue weighted by molar-refractivity contribution is 5.90. The standard InChI is InChI=1S/C41H71N5O7/c1-14-26(5)34(43-40(50)35(25(3)4)44(9)10)41(51)45(11)36(27(6)15-2)32(52-12)24-33(47)46-23-19-22-31(46)38(53-13)28(7)39(49)42-29(8)37(48)30-20-17-16-18-21-30/h16-18,20-21,25-29,31-32,34-38,48H,14-15,19,22-24H2,1-13H3,(H,42,49)(H,43,50)/t26?,27-,28+,29+,31-,32+,34-,35-,36-,37+,38+/m0/s1. The Kier molecular flexibility index (Phi) is 18.9. The minimum atomic E-state index is -0.876. The Hall–Kier alpha value is -3.06. The lowest BCUT2D eigenvalue weighted by atomic mass is 9.88. The van der Waals surface area contributed by atoms with Gasteiger partial charge in [0.15, 0.2) is 0 Å². The number of carbonyl (C=O) groups excluding carboxylic acids is 4. The zero-order chi connectivity index (χ0) is 40.2. The Morgan fingerprint density at radius 3 is 2.00 bits per heavy atom. The number of likely N-dealkylation sites (N-methyl/N-ethyl adjacent to an activating group) is 2. The number of ether oxygens (including phenoxy) is 2. The van der Waals surface area contributed by atoms with Crippen LogP contribution in [0.3, 0.4) is 0 Å². The summed E-state index contributed by atoms with van der Waals surface area (Å²) in [6.45, 7) is 16.1. The van der Waals surface area contributed by atoms with E-state index in [1.165, 1.54) is 0 Å². The fourth-order valence-electron chi connectivity index (χ4n) is 7.95. The summed E-state index contributed by atoms with van der Waals surface area (Å²) in [5.74, 6) is -1.48. The van der Waals surface area contributed by atoms with E-state index in [9.17, 15) is 24.3 Å². The SMILES string of the molecule is CCC(C)[C@H](NC(=O)[C@H](C(C)C)N(C)C)C(=O)N(C)[C@@H]([C@@H](C)CC)[C@@H](CC(=O)N1CCC[C@H]1[C@H](OC)[C@@H](C)C(=O)N[C@H](C)[C@@H](O)c1ccccc1)OC. The van der Waals surface area contributed by atoms with Crippen LogP contribution in [0.5, 0.6) is 0 Å². The third-order valence-electron chi connectivity index (χ3n) is 11.5. The zero-order valence-electron chi connectivity index (χ0n) is 34.8. The topological polar surface area (TPSA) is 141 Å². The number of nitrogens with zero attached hydrogens (tertiary/aromatic N) is 3. The van der Waals surface area contributed by atoms with Crippen molar-refractivity contribution in [2.75, 3.05) is 41.9 Å². The molecule has 0 bridgehead atoms. The molecule has 12 nitrogen and oxygen atoms in total. The maximum Gasteiger partial charge on any atom is 0.245 e. The number of nitrogens with one attached hydrogen (secondary N) is 2. The summed E-state index contributed by atoms with van der Waals surface area (Å²) in [6, 6.07) is 6.74. The van der Waals surface area contributed by atoms with Crippen LogP contribution in [0.15, 0.2) is 30.3 Å². The fraction of sp³-hybridized carbons (Fsp3) is 0.756. The second-order valence-corrected chi connectivity index (χ2v) is 15.8. The van der Waals surface area contributed by atoms with Gasteiger partial charge in [0.1, 0.15) is 6.04 Å². The van der Waals surface area contributed by atoms with Crippen LogP contribution in [0.2, 0.25) is 0 Å². The number of aliphatic hydroxyl groups excluding tert-OH is 1. The van der Waals surface area contributed by atoms with E-state index in [2.05, 4.69) is 24.5 Å². The number of amides is 4. The molecular formula is C41H71N5O7. The molecule has 1 aliphatic rings. The molecule has 0 saturated carbocycles. The Morgan fingerprint density at radius 2 is 1.49 bits per heavy atom. The van der Waals surface area contributed by atoms with Crippen molar-refractivity contribution >= 4 is 23.6 Å². The van der Waals surface area contributed by atoms with Crippen LogP contribution in [0.1, 0.15) is 99.2 Å². The predicted molar refractivity (Wildman–Crippen MR) is 209 cm³/mol. The van der Waals surface area contributed by atoms with Crippen molar-refractivity contribution < 1.29 is 33.8 Å². The Balaban J connectivity index is 2.28. The number of rotatable bonds is 21. The Labute approximate surface area is 319 Å². The van der Waals surface area contributed by atoms with Crippen LogP contribution < -0.4 is 10.6 Å².